The van der Waals surface area contributed by atoms with Crippen LogP contribution in [-0.2, 0) is 14.3 Å². The fraction of sp³-hybridized carbons (Fsp3) is 0.421. The Morgan fingerprint density at radius 2 is 1.68 bits per heavy atom. The first-order valence-corrected chi connectivity index (χ1v) is 8.59. The first-order chi connectivity index (χ1) is 12.0. The molecule has 2 bridgehead atoms. The molecule has 130 valence electrons. The van der Waals surface area contributed by atoms with Crippen molar-refractivity contribution in [3.8, 4) is 0 Å². The summed E-state index contributed by atoms with van der Waals surface area (Å²) in [4.78, 5) is 40.1. The first kappa shape index (κ1) is 15.9. The van der Waals surface area contributed by atoms with E-state index in [1.54, 1.807) is 38.2 Å². The Morgan fingerprint density at radius 3 is 2.20 bits per heavy atom. The number of nitrogens with zero attached hydrogens (tertiary/aromatic N) is 2. The van der Waals surface area contributed by atoms with Crippen LogP contribution in [0.1, 0.15) is 13.3 Å². The second-order valence-electron chi connectivity index (χ2n) is 6.79. The summed E-state index contributed by atoms with van der Waals surface area (Å²) >= 11 is 0. The SMILES string of the molecule is CCOC(=O)N(C)c1ccc(N2C(=O)[C@H]3[C@H](C2=O)[C@H]2C=C[C@H]3C2)cc1. The number of hydrogen-bond donors (Lipinski definition) is 0. The average Bonchev–Trinajstić information content (AvgIpc) is 3.29. The van der Waals surface area contributed by atoms with Crippen molar-refractivity contribution in [2.45, 2.75) is 13.3 Å². The number of benzene rings is 1. The number of hydrogen-bond acceptors (Lipinski definition) is 4. The van der Waals surface area contributed by atoms with Crippen LogP contribution in [-0.4, -0.2) is 31.6 Å². The minimum Gasteiger partial charge on any atom is -0.449 e. The zero-order valence-corrected chi connectivity index (χ0v) is 14.2. The zero-order valence-electron chi connectivity index (χ0n) is 14.2. The summed E-state index contributed by atoms with van der Waals surface area (Å²) in [7, 11) is 1.62. The third kappa shape index (κ3) is 2.27. The lowest BCUT2D eigenvalue weighted by molar-refractivity contribution is -0.123. The molecule has 1 saturated heterocycles. The van der Waals surface area contributed by atoms with Crippen molar-refractivity contribution in [2.75, 3.05) is 23.5 Å². The van der Waals surface area contributed by atoms with E-state index in [4.69, 9.17) is 4.74 Å². The topological polar surface area (TPSA) is 66.9 Å². The Morgan fingerprint density at radius 1 is 1.12 bits per heavy atom. The van der Waals surface area contributed by atoms with Crippen molar-refractivity contribution in [1.82, 2.24) is 0 Å². The van der Waals surface area contributed by atoms with Crippen molar-refractivity contribution in [3.63, 3.8) is 0 Å². The van der Waals surface area contributed by atoms with Gasteiger partial charge in [-0.05, 0) is 49.4 Å². The van der Waals surface area contributed by atoms with Gasteiger partial charge < -0.3 is 4.74 Å². The third-order valence-electron chi connectivity index (χ3n) is 5.51. The second kappa shape index (κ2) is 5.72. The van der Waals surface area contributed by atoms with Gasteiger partial charge in [-0.2, -0.15) is 0 Å². The van der Waals surface area contributed by atoms with Crippen molar-refractivity contribution in [3.05, 3.63) is 36.4 Å². The van der Waals surface area contributed by atoms with Gasteiger partial charge in [0.15, 0.2) is 0 Å². The van der Waals surface area contributed by atoms with Gasteiger partial charge in [0.25, 0.3) is 0 Å². The molecule has 2 aliphatic carbocycles. The van der Waals surface area contributed by atoms with Gasteiger partial charge in [-0.15, -0.1) is 0 Å². The predicted molar refractivity (Wildman–Crippen MR) is 92.1 cm³/mol. The third-order valence-corrected chi connectivity index (χ3v) is 5.51. The minimum absolute atomic E-state index is 0.0988. The van der Waals surface area contributed by atoms with Crippen LogP contribution in [0.2, 0.25) is 0 Å². The van der Waals surface area contributed by atoms with E-state index in [1.807, 2.05) is 0 Å². The summed E-state index contributed by atoms with van der Waals surface area (Å²) in [5.74, 6) is -0.207. The predicted octanol–water partition coefficient (Wildman–Crippen LogP) is 2.59. The van der Waals surface area contributed by atoms with Crippen molar-refractivity contribution in [1.29, 1.82) is 0 Å². The quantitative estimate of drug-likeness (QED) is 0.626. The van der Waals surface area contributed by atoms with E-state index in [9.17, 15) is 14.4 Å². The number of imide groups is 1. The molecular weight excluding hydrogens is 320 g/mol. The van der Waals surface area contributed by atoms with Crippen LogP contribution in [0.4, 0.5) is 16.2 Å². The summed E-state index contributed by atoms with van der Waals surface area (Å²) in [5, 5.41) is 0. The number of amides is 3. The molecular formula is C19H20N2O4. The maximum atomic E-state index is 12.8. The Hall–Kier alpha value is -2.63. The van der Waals surface area contributed by atoms with Gasteiger partial charge in [0.05, 0.1) is 24.1 Å². The first-order valence-electron chi connectivity index (χ1n) is 8.59. The van der Waals surface area contributed by atoms with E-state index >= 15 is 0 Å². The van der Waals surface area contributed by atoms with E-state index in [0.29, 0.717) is 18.0 Å². The molecule has 4 atom stereocenters. The number of ether oxygens (including phenoxy) is 1. The van der Waals surface area contributed by atoms with Gasteiger partial charge in [-0.1, -0.05) is 12.2 Å². The second-order valence-corrected chi connectivity index (χ2v) is 6.79. The molecule has 1 aromatic carbocycles. The molecule has 3 aliphatic rings. The van der Waals surface area contributed by atoms with Crippen LogP contribution in [0, 0.1) is 23.7 Å². The lowest BCUT2D eigenvalue weighted by Crippen LogP contribution is -2.33. The fourth-order valence-corrected chi connectivity index (χ4v) is 4.31. The average molecular weight is 340 g/mol. The van der Waals surface area contributed by atoms with E-state index in [0.717, 1.165) is 6.42 Å². The summed E-state index contributed by atoms with van der Waals surface area (Å²) in [5.41, 5.74) is 1.20. The number of carbonyl (C=O) groups is 3. The van der Waals surface area contributed by atoms with Crippen molar-refractivity contribution < 1.29 is 19.1 Å². The van der Waals surface area contributed by atoms with Crippen LogP contribution in [0.3, 0.4) is 0 Å². The number of anilines is 2. The van der Waals surface area contributed by atoms with E-state index in [-0.39, 0.29) is 35.5 Å². The smallest absolute Gasteiger partial charge is 0.413 e. The standard InChI is InChI=1S/C19H20N2O4/c1-3-25-19(24)20(2)13-6-8-14(9-7-13)21-17(22)15-11-4-5-12(10-11)16(15)18(21)23/h4-9,11-12,15-16H,3,10H2,1-2H3/t11-,12-,15+,16+/m0/s1. The lowest BCUT2D eigenvalue weighted by Gasteiger charge is -2.20. The molecule has 0 spiro atoms. The molecule has 0 N–H and O–H groups in total. The largest absolute Gasteiger partial charge is 0.449 e. The van der Waals surface area contributed by atoms with Crippen LogP contribution in [0.25, 0.3) is 0 Å². The van der Waals surface area contributed by atoms with E-state index in [2.05, 4.69) is 12.2 Å². The van der Waals surface area contributed by atoms with Crippen molar-refractivity contribution in [2.24, 2.45) is 23.7 Å². The molecule has 1 aliphatic heterocycles. The number of carbonyl (C=O) groups excluding carboxylic acids is 3. The maximum Gasteiger partial charge on any atom is 0.413 e. The highest BCUT2D eigenvalue weighted by molar-refractivity contribution is 6.22. The lowest BCUT2D eigenvalue weighted by atomic mass is 9.85. The Balaban J connectivity index is 1.56. The van der Waals surface area contributed by atoms with E-state index in [1.165, 1.54) is 9.80 Å². The molecule has 2 fully saturated rings. The molecule has 4 rings (SSSR count). The van der Waals surface area contributed by atoms with Gasteiger partial charge in [0, 0.05) is 12.7 Å². The molecule has 0 radical (unpaired) electrons. The zero-order chi connectivity index (χ0) is 17.7. The highest BCUT2D eigenvalue weighted by Gasteiger charge is 2.59. The van der Waals surface area contributed by atoms with Gasteiger partial charge in [0.1, 0.15) is 0 Å². The molecule has 6 nitrogen and oxygen atoms in total. The Bertz CT molecular complexity index is 740. The van der Waals surface area contributed by atoms with Gasteiger partial charge in [-0.3, -0.25) is 19.4 Å². The molecule has 0 aromatic heterocycles. The summed E-state index contributed by atoms with van der Waals surface area (Å²) in [6, 6.07) is 6.84. The van der Waals surface area contributed by atoms with Crippen LogP contribution in [0.15, 0.2) is 36.4 Å². The normalized spacial score (nSPS) is 29.3. The molecule has 6 heteroatoms. The number of fused-ring (bicyclic) bond motifs is 5. The molecule has 1 saturated carbocycles. The van der Waals surface area contributed by atoms with Crippen LogP contribution in [0.5, 0.6) is 0 Å². The molecule has 1 aromatic rings. The Kier molecular flexibility index (Phi) is 3.63. The van der Waals surface area contributed by atoms with Crippen LogP contribution >= 0.6 is 0 Å². The monoisotopic (exact) mass is 340 g/mol. The summed E-state index contributed by atoms with van der Waals surface area (Å²) < 4.78 is 4.96. The van der Waals surface area contributed by atoms with Gasteiger partial charge in [-0.25, -0.2) is 4.79 Å². The Labute approximate surface area is 146 Å². The van der Waals surface area contributed by atoms with Crippen molar-refractivity contribution >= 4 is 29.3 Å². The molecule has 1 heterocycles. The summed E-state index contributed by atoms with van der Waals surface area (Å²) in [6.07, 6.45) is 4.64. The fourth-order valence-electron chi connectivity index (χ4n) is 4.31. The minimum atomic E-state index is -0.444. The highest BCUT2D eigenvalue weighted by Crippen LogP contribution is 2.53. The van der Waals surface area contributed by atoms with Gasteiger partial charge >= 0.3 is 6.09 Å². The number of allylic oxidation sites excluding steroid dienone is 2. The van der Waals surface area contributed by atoms with Crippen LogP contribution < -0.4 is 9.80 Å². The summed E-state index contributed by atoms with van der Waals surface area (Å²) in [6.45, 7) is 2.05. The molecule has 3 amide bonds. The number of rotatable bonds is 3. The van der Waals surface area contributed by atoms with E-state index < -0.39 is 6.09 Å². The molecule has 0 unspecified atom stereocenters. The molecule has 25 heavy (non-hydrogen) atoms. The maximum absolute atomic E-state index is 12.8. The van der Waals surface area contributed by atoms with Gasteiger partial charge in [0.2, 0.25) is 11.8 Å². The highest BCUT2D eigenvalue weighted by atomic mass is 16.6.